The van der Waals surface area contributed by atoms with Crippen molar-refractivity contribution in [3.63, 3.8) is 0 Å². The number of hydrogen-bond donors (Lipinski definition) is 1. The first kappa shape index (κ1) is 21.2. The molecule has 1 aliphatic heterocycles. The third-order valence-electron chi connectivity index (χ3n) is 6.56. The van der Waals surface area contributed by atoms with Gasteiger partial charge < -0.3 is 14.7 Å². The van der Waals surface area contributed by atoms with Crippen LogP contribution in [-0.2, 0) is 9.59 Å². The van der Waals surface area contributed by atoms with E-state index in [1.54, 1.807) is 12.0 Å². The molecule has 0 spiro atoms. The van der Waals surface area contributed by atoms with Gasteiger partial charge in [-0.3, -0.25) is 9.59 Å². The summed E-state index contributed by atoms with van der Waals surface area (Å²) in [5.74, 6) is -0.514. The maximum atomic E-state index is 13.2. The molecular formula is C26H29NO4. The molecule has 1 unspecified atom stereocenters. The highest BCUT2D eigenvalue weighted by atomic mass is 16.5. The van der Waals surface area contributed by atoms with Crippen molar-refractivity contribution in [2.24, 2.45) is 0 Å². The smallest absolute Gasteiger partial charge is 0.295 e. The number of hydrogen-bond acceptors (Lipinski definition) is 4. The second-order valence-electron chi connectivity index (χ2n) is 8.55. The highest BCUT2D eigenvalue weighted by Crippen LogP contribution is 2.43. The first-order chi connectivity index (χ1) is 14.9. The van der Waals surface area contributed by atoms with Gasteiger partial charge >= 0.3 is 0 Å². The van der Waals surface area contributed by atoms with Crippen LogP contribution < -0.4 is 4.74 Å². The standard InChI is InChI=1S/C26H29NO4/c1-16-15-21(31-3)17(2)14-20(16)24(28)22-23(18-10-6-4-7-11-18)27(26(30)25(22)29)19-12-8-5-9-13-19/h4,6-7,10-11,14-15,19,23,28H,5,8-9,12-13H2,1-3H3/b24-22+. The summed E-state index contributed by atoms with van der Waals surface area (Å²) < 4.78 is 5.38. The molecule has 1 atom stereocenters. The van der Waals surface area contributed by atoms with Gasteiger partial charge in [-0.25, -0.2) is 0 Å². The minimum atomic E-state index is -0.607. The number of methoxy groups -OCH3 is 1. The Balaban J connectivity index is 1.89. The summed E-state index contributed by atoms with van der Waals surface area (Å²) in [5.41, 5.74) is 3.22. The Kier molecular flexibility index (Phi) is 5.86. The number of nitrogens with zero attached hydrogens (tertiary/aromatic N) is 1. The van der Waals surface area contributed by atoms with E-state index < -0.39 is 17.7 Å². The van der Waals surface area contributed by atoms with Crippen LogP contribution in [0.3, 0.4) is 0 Å². The predicted octanol–water partition coefficient (Wildman–Crippen LogP) is 5.07. The van der Waals surface area contributed by atoms with Crippen molar-refractivity contribution >= 4 is 17.4 Å². The first-order valence-corrected chi connectivity index (χ1v) is 10.9. The minimum absolute atomic E-state index is 0.0133. The Morgan fingerprint density at radius 3 is 2.32 bits per heavy atom. The fourth-order valence-corrected chi connectivity index (χ4v) is 4.96. The summed E-state index contributed by atoms with van der Waals surface area (Å²) >= 11 is 0. The molecule has 1 N–H and O–H groups in total. The van der Waals surface area contributed by atoms with Crippen LogP contribution in [0.25, 0.3) is 5.76 Å². The molecule has 1 saturated heterocycles. The van der Waals surface area contributed by atoms with Crippen LogP contribution in [0.5, 0.6) is 5.75 Å². The summed E-state index contributed by atoms with van der Waals surface area (Å²) in [6.45, 7) is 3.76. The molecule has 31 heavy (non-hydrogen) atoms. The molecule has 2 fully saturated rings. The number of Topliss-reactive ketones (excluding diaryl/α,β-unsaturated/α-hetero) is 1. The van der Waals surface area contributed by atoms with E-state index in [9.17, 15) is 14.7 Å². The fourth-order valence-electron chi connectivity index (χ4n) is 4.96. The van der Waals surface area contributed by atoms with Crippen molar-refractivity contribution in [1.29, 1.82) is 0 Å². The molecule has 1 heterocycles. The molecule has 0 aromatic heterocycles. The number of amides is 1. The Hall–Kier alpha value is -3.08. The number of benzene rings is 2. The molecule has 1 amide bonds. The number of carbonyl (C=O) groups excluding carboxylic acids is 2. The summed E-state index contributed by atoms with van der Waals surface area (Å²) in [5, 5.41) is 11.4. The normalized spacial score (nSPS) is 21.5. The molecule has 0 bridgehead atoms. The van der Waals surface area contributed by atoms with Crippen LogP contribution in [0.1, 0.15) is 60.4 Å². The topological polar surface area (TPSA) is 66.8 Å². The Morgan fingerprint density at radius 2 is 1.68 bits per heavy atom. The van der Waals surface area contributed by atoms with E-state index in [1.807, 2.05) is 56.3 Å². The SMILES string of the molecule is COc1cc(C)c(/C(O)=C2\C(=O)C(=O)N(C3CCCCC3)C2c2ccccc2)cc1C. The molecule has 1 saturated carbocycles. The highest BCUT2D eigenvalue weighted by molar-refractivity contribution is 6.46. The molecule has 5 heteroatoms. The van der Waals surface area contributed by atoms with Gasteiger partial charge in [-0.1, -0.05) is 49.6 Å². The molecule has 1 aliphatic carbocycles. The van der Waals surface area contributed by atoms with E-state index in [0.29, 0.717) is 5.56 Å². The molecular weight excluding hydrogens is 390 g/mol. The van der Waals surface area contributed by atoms with E-state index in [4.69, 9.17) is 4.74 Å². The zero-order chi connectivity index (χ0) is 22.1. The van der Waals surface area contributed by atoms with E-state index in [1.165, 1.54) is 0 Å². The molecule has 2 aliphatic rings. The number of rotatable bonds is 4. The average Bonchev–Trinajstić information content (AvgIpc) is 3.06. The van der Waals surface area contributed by atoms with Gasteiger partial charge in [-0.15, -0.1) is 0 Å². The number of aliphatic hydroxyl groups excluding tert-OH is 1. The van der Waals surface area contributed by atoms with Crippen molar-refractivity contribution in [1.82, 2.24) is 4.90 Å². The lowest BCUT2D eigenvalue weighted by Gasteiger charge is -2.35. The maximum absolute atomic E-state index is 13.2. The van der Waals surface area contributed by atoms with Crippen molar-refractivity contribution in [3.8, 4) is 5.75 Å². The van der Waals surface area contributed by atoms with Gasteiger partial charge in [0.1, 0.15) is 11.5 Å². The van der Waals surface area contributed by atoms with Gasteiger partial charge in [-0.05, 0) is 55.5 Å². The second-order valence-corrected chi connectivity index (χ2v) is 8.55. The van der Waals surface area contributed by atoms with Crippen LogP contribution >= 0.6 is 0 Å². The lowest BCUT2D eigenvalue weighted by Crippen LogP contribution is -2.40. The van der Waals surface area contributed by atoms with Gasteiger partial charge in [0.25, 0.3) is 11.7 Å². The Labute approximate surface area is 183 Å². The Morgan fingerprint density at radius 1 is 1.00 bits per heavy atom. The van der Waals surface area contributed by atoms with E-state index in [2.05, 4.69) is 0 Å². The van der Waals surface area contributed by atoms with Crippen molar-refractivity contribution in [2.75, 3.05) is 7.11 Å². The monoisotopic (exact) mass is 419 g/mol. The van der Waals surface area contributed by atoms with Crippen LogP contribution in [0.15, 0.2) is 48.0 Å². The third kappa shape index (κ3) is 3.73. The van der Waals surface area contributed by atoms with Crippen LogP contribution in [0.4, 0.5) is 0 Å². The average molecular weight is 420 g/mol. The first-order valence-electron chi connectivity index (χ1n) is 10.9. The van der Waals surface area contributed by atoms with Gasteiger partial charge in [0.05, 0.1) is 18.7 Å². The number of likely N-dealkylation sites (tertiary alicyclic amines) is 1. The molecule has 4 rings (SSSR count). The molecule has 162 valence electrons. The van der Waals surface area contributed by atoms with Gasteiger partial charge in [0.15, 0.2) is 0 Å². The van der Waals surface area contributed by atoms with Crippen LogP contribution in [0, 0.1) is 13.8 Å². The summed E-state index contributed by atoms with van der Waals surface area (Å²) in [7, 11) is 1.60. The maximum Gasteiger partial charge on any atom is 0.295 e. The van der Waals surface area contributed by atoms with Gasteiger partial charge in [-0.2, -0.15) is 0 Å². The summed E-state index contributed by atoms with van der Waals surface area (Å²) in [6, 6.07) is 12.7. The van der Waals surface area contributed by atoms with E-state index in [0.717, 1.165) is 54.5 Å². The van der Waals surface area contributed by atoms with Crippen LogP contribution in [0.2, 0.25) is 0 Å². The van der Waals surface area contributed by atoms with Gasteiger partial charge in [0.2, 0.25) is 0 Å². The quantitative estimate of drug-likeness (QED) is 0.427. The molecule has 2 aromatic rings. The fraction of sp³-hybridized carbons (Fsp3) is 0.385. The molecule has 2 aromatic carbocycles. The largest absolute Gasteiger partial charge is 0.507 e. The minimum Gasteiger partial charge on any atom is -0.507 e. The summed E-state index contributed by atoms with van der Waals surface area (Å²) in [4.78, 5) is 28.2. The lowest BCUT2D eigenvalue weighted by atomic mass is 9.90. The second kappa shape index (κ2) is 8.58. The highest BCUT2D eigenvalue weighted by Gasteiger charge is 2.48. The predicted molar refractivity (Wildman–Crippen MR) is 120 cm³/mol. The Bertz CT molecular complexity index is 1030. The number of aliphatic hydroxyl groups is 1. The number of ether oxygens (including phenoxy) is 1. The zero-order valence-corrected chi connectivity index (χ0v) is 18.4. The molecule has 5 nitrogen and oxygen atoms in total. The third-order valence-corrected chi connectivity index (χ3v) is 6.56. The zero-order valence-electron chi connectivity index (χ0n) is 18.4. The molecule has 0 radical (unpaired) electrons. The van der Waals surface area contributed by atoms with Gasteiger partial charge in [0, 0.05) is 11.6 Å². The number of carbonyl (C=O) groups is 2. The van der Waals surface area contributed by atoms with Crippen molar-refractivity contribution in [2.45, 2.75) is 58.0 Å². The van der Waals surface area contributed by atoms with E-state index >= 15 is 0 Å². The number of aryl methyl sites for hydroxylation is 2. The summed E-state index contributed by atoms with van der Waals surface area (Å²) in [6.07, 6.45) is 5.02. The lowest BCUT2D eigenvalue weighted by molar-refractivity contribution is -0.141. The van der Waals surface area contributed by atoms with E-state index in [-0.39, 0.29) is 17.4 Å². The number of ketones is 1. The van der Waals surface area contributed by atoms with Crippen molar-refractivity contribution < 1.29 is 19.4 Å². The van der Waals surface area contributed by atoms with Crippen molar-refractivity contribution in [3.05, 3.63) is 70.3 Å². The van der Waals surface area contributed by atoms with Crippen LogP contribution in [-0.4, -0.2) is 34.8 Å².